The lowest BCUT2D eigenvalue weighted by Crippen LogP contribution is -2.45. The number of rotatable bonds is 9. The Morgan fingerprint density at radius 3 is 2.38 bits per heavy atom. The Hall–Kier alpha value is -2.57. The van der Waals surface area contributed by atoms with Gasteiger partial charge in [-0.1, -0.05) is 13.8 Å². The highest BCUT2D eigenvalue weighted by molar-refractivity contribution is 5.95. The molecule has 0 spiro atoms. The Bertz CT molecular complexity index is 641. The van der Waals surface area contributed by atoms with Gasteiger partial charge < -0.3 is 20.3 Å². The van der Waals surface area contributed by atoms with E-state index in [-0.39, 0.29) is 42.8 Å². The van der Waals surface area contributed by atoms with E-state index < -0.39 is 0 Å². The van der Waals surface area contributed by atoms with E-state index in [2.05, 4.69) is 10.6 Å². The molecule has 0 radical (unpaired) electrons. The summed E-state index contributed by atoms with van der Waals surface area (Å²) in [6.07, 6.45) is 2.62. The first-order valence-corrected chi connectivity index (χ1v) is 8.95. The molecule has 26 heavy (non-hydrogen) atoms. The fraction of sp³-hybridized carbons (Fsp3) is 0.526. The summed E-state index contributed by atoms with van der Waals surface area (Å²) in [6, 6.07) is 7.08. The molecule has 0 aromatic heterocycles. The fourth-order valence-electron chi connectivity index (χ4n) is 2.50. The minimum absolute atomic E-state index is 0.00363. The van der Waals surface area contributed by atoms with E-state index in [1.54, 1.807) is 36.3 Å². The lowest BCUT2D eigenvalue weighted by atomic mass is 10.1. The van der Waals surface area contributed by atoms with Crippen LogP contribution >= 0.6 is 0 Å². The Labute approximate surface area is 154 Å². The van der Waals surface area contributed by atoms with E-state index in [0.29, 0.717) is 11.4 Å². The van der Waals surface area contributed by atoms with Crippen molar-refractivity contribution in [3.63, 3.8) is 0 Å². The predicted octanol–water partition coefficient (Wildman–Crippen LogP) is 1.79. The minimum atomic E-state index is -0.324. The average Bonchev–Trinajstić information content (AvgIpc) is 3.49. The Morgan fingerprint density at radius 2 is 1.85 bits per heavy atom. The number of hydrogen-bond donors (Lipinski definition) is 2. The SMILES string of the molecule is CC[C@H](C)C(=O)N(CC(=O)NCC(=O)Nc1ccc(OC)cc1)C1CC1. The first kappa shape index (κ1) is 19.8. The van der Waals surface area contributed by atoms with Crippen molar-refractivity contribution in [2.45, 2.75) is 39.2 Å². The summed E-state index contributed by atoms with van der Waals surface area (Å²) in [5.41, 5.74) is 0.622. The van der Waals surface area contributed by atoms with E-state index in [0.717, 1.165) is 19.3 Å². The highest BCUT2D eigenvalue weighted by atomic mass is 16.5. The molecule has 1 aliphatic carbocycles. The van der Waals surface area contributed by atoms with Gasteiger partial charge in [-0.25, -0.2) is 0 Å². The van der Waals surface area contributed by atoms with Crippen LogP contribution < -0.4 is 15.4 Å². The lowest BCUT2D eigenvalue weighted by Gasteiger charge is -2.24. The number of carbonyl (C=O) groups is 3. The second kappa shape index (κ2) is 9.22. The van der Waals surface area contributed by atoms with Crippen LogP contribution in [0.3, 0.4) is 0 Å². The summed E-state index contributed by atoms with van der Waals surface area (Å²) >= 11 is 0. The van der Waals surface area contributed by atoms with Crippen molar-refractivity contribution in [2.75, 3.05) is 25.5 Å². The summed E-state index contributed by atoms with van der Waals surface area (Å²) in [4.78, 5) is 38.1. The van der Waals surface area contributed by atoms with Gasteiger partial charge in [-0.15, -0.1) is 0 Å². The fourth-order valence-corrected chi connectivity index (χ4v) is 2.50. The Balaban J connectivity index is 1.79. The summed E-state index contributed by atoms with van der Waals surface area (Å²) < 4.78 is 5.06. The van der Waals surface area contributed by atoms with Crippen molar-refractivity contribution >= 4 is 23.4 Å². The Morgan fingerprint density at radius 1 is 1.19 bits per heavy atom. The zero-order chi connectivity index (χ0) is 19.1. The van der Waals surface area contributed by atoms with Crippen LogP contribution in [-0.2, 0) is 14.4 Å². The molecule has 1 fully saturated rings. The molecule has 142 valence electrons. The van der Waals surface area contributed by atoms with Gasteiger partial charge >= 0.3 is 0 Å². The number of nitrogens with zero attached hydrogens (tertiary/aromatic N) is 1. The zero-order valence-corrected chi connectivity index (χ0v) is 15.6. The van der Waals surface area contributed by atoms with Crippen LogP contribution in [0, 0.1) is 5.92 Å². The number of benzene rings is 1. The van der Waals surface area contributed by atoms with Crippen LogP contribution in [0.2, 0.25) is 0 Å². The normalized spacial score (nSPS) is 14.3. The Kier molecular flexibility index (Phi) is 7.00. The minimum Gasteiger partial charge on any atom is -0.497 e. The van der Waals surface area contributed by atoms with Gasteiger partial charge in [-0.05, 0) is 43.5 Å². The number of amides is 3. The summed E-state index contributed by atoms with van der Waals surface area (Å²) in [7, 11) is 1.57. The molecule has 7 nitrogen and oxygen atoms in total. The predicted molar refractivity (Wildman–Crippen MR) is 98.8 cm³/mol. The number of nitrogens with one attached hydrogen (secondary N) is 2. The molecular weight excluding hydrogens is 334 g/mol. The van der Waals surface area contributed by atoms with Gasteiger partial charge in [-0.2, -0.15) is 0 Å². The number of methoxy groups -OCH3 is 1. The molecule has 1 saturated carbocycles. The highest BCUT2D eigenvalue weighted by Gasteiger charge is 2.35. The summed E-state index contributed by atoms with van der Waals surface area (Å²) in [5, 5.41) is 5.28. The van der Waals surface area contributed by atoms with E-state index >= 15 is 0 Å². The molecular formula is C19H27N3O4. The number of carbonyl (C=O) groups excluding carboxylic acids is 3. The van der Waals surface area contributed by atoms with E-state index in [9.17, 15) is 14.4 Å². The largest absolute Gasteiger partial charge is 0.497 e. The van der Waals surface area contributed by atoms with Gasteiger partial charge in [0.25, 0.3) is 0 Å². The third kappa shape index (κ3) is 5.75. The molecule has 0 saturated heterocycles. The third-order valence-corrected chi connectivity index (χ3v) is 4.44. The number of anilines is 1. The van der Waals surface area contributed by atoms with Crippen LogP contribution in [0.5, 0.6) is 5.75 Å². The maximum Gasteiger partial charge on any atom is 0.243 e. The van der Waals surface area contributed by atoms with Gasteiger partial charge in [0.05, 0.1) is 20.2 Å². The first-order chi connectivity index (χ1) is 12.4. The molecule has 7 heteroatoms. The third-order valence-electron chi connectivity index (χ3n) is 4.44. The van der Waals surface area contributed by atoms with E-state index in [1.165, 1.54) is 0 Å². The maximum absolute atomic E-state index is 12.4. The monoisotopic (exact) mass is 361 g/mol. The quantitative estimate of drug-likeness (QED) is 0.702. The molecule has 0 unspecified atom stereocenters. The van der Waals surface area contributed by atoms with Gasteiger partial charge in [0.1, 0.15) is 5.75 Å². The second-order valence-corrected chi connectivity index (χ2v) is 6.56. The summed E-state index contributed by atoms with van der Waals surface area (Å²) in [5.74, 6) is -0.0368. The van der Waals surface area contributed by atoms with Crippen molar-refractivity contribution in [3.8, 4) is 5.75 Å². The topological polar surface area (TPSA) is 87.7 Å². The van der Waals surface area contributed by atoms with Crippen molar-refractivity contribution in [1.29, 1.82) is 0 Å². The van der Waals surface area contributed by atoms with Crippen LogP contribution in [-0.4, -0.2) is 48.9 Å². The highest BCUT2D eigenvalue weighted by Crippen LogP contribution is 2.28. The number of hydrogen-bond acceptors (Lipinski definition) is 4. The van der Waals surface area contributed by atoms with Crippen LogP contribution in [0.15, 0.2) is 24.3 Å². The summed E-state index contributed by atoms with van der Waals surface area (Å²) in [6.45, 7) is 3.69. The van der Waals surface area contributed by atoms with Crippen LogP contribution in [0.25, 0.3) is 0 Å². The van der Waals surface area contributed by atoms with Crippen molar-refractivity contribution in [3.05, 3.63) is 24.3 Å². The molecule has 0 aliphatic heterocycles. The number of ether oxygens (including phenoxy) is 1. The zero-order valence-electron chi connectivity index (χ0n) is 15.6. The van der Waals surface area contributed by atoms with Crippen molar-refractivity contribution in [2.24, 2.45) is 5.92 Å². The molecule has 1 aromatic rings. The molecule has 0 heterocycles. The molecule has 2 N–H and O–H groups in total. The first-order valence-electron chi connectivity index (χ1n) is 8.95. The van der Waals surface area contributed by atoms with Crippen molar-refractivity contribution < 1.29 is 19.1 Å². The molecule has 0 bridgehead atoms. The second-order valence-electron chi connectivity index (χ2n) is 6.56. The average molecular weight is 361 g/mol. The van der Waals surface area contributed by atoms with Crippen LogP contribution in [0.1, 0.15) is 33.1 Å². The molecule has 2 rings (SSSR count). The van der Waals surface area contributed by atoms with Gasteiger partial charge in [-0.3, -0.25) is 14.4 Å². The smallest absolute Gasteiger partial charge is 0.243 e. The standard InChI is InChI=1S/C19H27N3O4/c1-4-13(2)19(25)22(15-7-8-15)12-18(24)20-11-17(23)21-14-5-9-16(26-3)10-6-14/h5-6,9-10,13,15H,4,7-8,11-12H2,1-3H3,(H,20,24)(H,21,23)/t13-/m0/s1. The lowest BCUT2D eigenvalue weighted by molar-refractivity contribution is -0.139. The van der Waals surface area contributed by atoms with E-state index in [1.807, 2.05) is 13.8 Å². The van der Waals surface area contributed by atoms with Crippen LogP contribution in [0.4, 0.5) is 5.69 Å². The van der Waals surface area contributed by atoms with Gasteiger partial charge in [0, 0.05) is 17.6 Å². The van der Waals surface area contributed by atoms with Gasteiger partial charge in [0.15, 0.2) is 0 Å². The molecule has 1 atom stereocenters. The van der Waals surface area contributed by atoms with E-state index in [4.69, 9.17) is 4.74 Å². The maximum atomic E-state index is 12.4. The van der Waals surface area contributed by atoms with Crippen molar-refractivity contribution in [1.82, 2.24) is 10.2 Å². The molecule has 1 aliphatic rings. The molecule has 1 aromatic carbocycles. The molecule has 3 amide bonds. The van der Waals surface area contributed by atoms with Gasteiger partial charge in [0.2, 0.25) is 17.7 Å².